The van der Waals surface area contributed by atoms with Crippen LogP contribution in [0, 0.1) is 19.7 Å². The number of rotatable bonds is 5. The van der Waals surface area contributed by atoms with Crippen molar-refractivity contribution >= 4 is 5.91 Å². The summed E-state index contributed by atoms with van der Waals surface area (Å²) in [5.74, 6) is -2.85. The highest BCUT2D eigenvalue weighted by molar-refractivity contribution is 5.96. The second kappa shape index (κ2) is 8.96. The number of hydrogen-bond acceptors (Lipinski definition) is 6. The van der Waals surface area contributed by atoms with Crippen LogP contribution in [0.1, 0.15) is 33.1 Å². The highest BCUT2D eigenvalue weighted by atomic mass is 19.4. The van der Waals surface area contributed by atoms with Crippen molar-refractivity contribution in [3.05, 3.63) is 83.3 Å². The number of pyridine rings is 1. The van der Waals surface area contributed by atoms with Crippen LogP contribution < -0.4 is 5.32 Å². The van der Waals surface area contributed by atoms with Gasteiger partial charge in [0.2, 0.25) is 5.82 Å². The van der Waals surface area contributed by atoms with Crippen LogP contribution in [0.5, 0.6) is 0 Å². The Morgan fingerprint density at radius 3 is 2.35 bits per heavy atom. The SMILES string of the molecule is Cc1ccc(-c2cc(-n3ncnc3C(F)(F)F)cc(C(=O)NCc3ncc(C)cn3)c2F)nc1. The number of carbonyl (C=O) groups excluding carboxylic acids is 1. The first-order chi connectivity index (χ1) is 16.1. The van der Waals surface area contributed by atoms with E-state index in [4.69, 9.17) is 0 Å². The average Bonchev–Trinajstić information content (AvgIpc) is 3.30. The van der Waals surface area contributed by atoms with Gasteiger partial charge in [-0.15, -0.1) is 0 Å². The monoisotopic (exact) mass is 471 g/mol. The van der Waals surface area contributed by atoms with Gasteiger partial charge in [-0.25, -0.2) is 24.0 Å². The molecule has 0 radical (unpaired) electrons. The van der Waals surface area contributed by atoms with E-state index in [2.05, 4.69) is 30.4 Å². The lowest BCUT2D eigenvalue weighted by molar-refractivity contribution is -0.146. The number of aryl methyl sites for hydroxylation is 2. The Morgan fingerprint density at radius 2 is 1.71 bits per heavy atom. The number of aromatic nitrogens is 6. The fourth-order valence-corrected chi connectivity index (χ4v) is 3.10. The highest BCUT2D eigenvalue weighted by Crippen LogP contribution is 2.32. The summed E-state index contributed by atoms with van der Waals surface area (Å²) in [6.07, 6.45) is 0.496. The summed E-state index contributed by atoms with van der Waals surface area (Å²) in [7, 11) is 0. The minimum absolute atomic E-state index is 0.113. The summed E-state index contributed by atoms with van der Waals surface area (Å²) in [5, 5.41) is 6.11. The molecule has 174 valence electrons. The molecule has 0 spiro atoms. The lowest BCUT2D eigenvalue weighted by Crippen LogP contribution is -2.25. The van der Waals surface area contributed by atoms with Gasteiger partial charge in [0.05, 0.1) is 23.5 Å². The number of alkyl halides is 3. The third-order valence-corrected chi connectivity index (χ3v) is 4.78. The Balaban J connectivity index is 1.79. The van der Waals surface area contributed by atoms with Crippen LogP contribution in [0.3, 0.4) is 0 Å². The first-order valence-corrected chi connectivity index (χ1v) is 9.93. The summed E-state index contributed by atoms with van der Waals surface area (Å²) < 4.78 is 56.2. The molecule has 12 heteroatoms. The maximum absolute atomic E-state index is 15.4. The van der Waals surface area contributed by atoms with E-state index in [0.717, 1.165) is 29.6 Å². The van der Waals surface area contributed by atoms with Crippen molar-refractivity contribution in [3.63, 3.8) is 0 Å². The van der Waals surface area contributed by atoms with Gasteiger partial charge in [0.1, 0.15) is 18.0 Å². The van der Waals surface area contributed by atoms with Crippen molar-refractivity contribution in [2.24, 2.45) is 0 Å². The van der Waals surface area contributed by atoms with Crippen molar-refractivity contribution in [1.82, 2.24) is 35.0 Å². The number of carbonyl (C=O) groups is 1. The first-order valence-electron chi connectivity index (χ1n) is 9.93. The molecule has 3 heterocycles. The predicted molar refractivity (Wildman–Crippen MR) is 112 cm³/mol. The molecule has 0 fully saturated rings. The van der Waals surface area contributed by atoms with Crippen LogP contribution >= 0.6 is 0 Å². The Bertz CT molecular complexity index is 1330. The number of nitrogens with one attached hydrogen (secondary N) is 1. The second-order valence-corrected chi connectivity index (χ2v) is 7.43. The van der Waals surface area contributed by atoms with Crippen molar-refractivity contribution in [2.75, 3.05) is 0 Å². The molecule has 1 N–H and O–H groups in total. The van der Waals surface area contributed by atoms with E-state index >= 15 is 4.39 Å². The molecule has 34 heavy (non-hydrogen) atoms. The highest BCUT2D eigenvalue weighted by Gasteiger charge is 2.37. The van der Waals surface area contributed by atoms with Crippen molar-refractivity contribution in [1.29, 1.82) is 0 Å². The molecule has 4 aromatic rings. The molecule has 0 saturated heterocycles. The minimum atomic E-state index is -4.82. The van der Waals surface area contributed by atoms with Crippen LogP contribution in [-0.2, 0) is 12.7 Å². The predicted octanol–water partition coefficient (Wildman–Crippen LogP) is 3.82. The first kappa shape index (κ1) is 23.0. The van der Waals surface area contributed by atoms with Gasteiger partial charge >= 0.3 is 6.18 Å². The molecule has 0 aliphatic carbocycles. The number of nitrogens with zero attached hydrogens (tertiary/aromatic N) is 6. The Labute approximate surface area is 190 Å². The number of amides is 1. The van der Waals surface area contributed by atoms with Gasteiger partial charge < -0.3 is 5.32 Å². The minimum Gasteiger partial charge on any atom is -0.345 e. The molecule has 3 aromatic heterocycles. The number of halogens is 4. The smallest absolute Gasteiger partial charge is 0.345 e. The average molecular weight is 471 g/mol. The summed E-state index contributed by atoms with van der Waals surface area (Å²) in [4.78, 5) is 28.4. The molecule has 0 aliphatic heterocycles. The van der Waals surface area contributed by atoms with E-state index in [-0.39, 0.29) is 29.3 Å². The zero-order valence-corrected chi connectivity index (χ0v) is 17.9. The maximum Gasteiger partial charge on any atom is 0.451 e. The number of hydrogen-bond donors (Lipinski definition) is 1. The third kappa shape index (κ3) is 4.75. The molecule has 0 saturated carbocycles. The van der Waals surface area contributed by atoms with Crippen LogP contribution in [0.25, 0.3) is 16.9 Å². The van der Waals surface area contributed by atoms with Crippen molar-refractivity contribution in [2.45, 2.75) is 26.6 Å². The molecule has 0 unspecified atom stereocenters. The second-order valence-electron chi connectivity index (χ2n) is 7.43. The topological polar surface area (TPSA) is 98.5 Å². The van der Waals surface area contributed by atoms with Crippen LogP contribution in [-0.4, -0.2) is 35.6 Å². The van der Waals surface area contributed by atoms with Gasteiger partial charge in [-0.05, 0) is 43.2 Å². The van der Waals surface area contributed by atoms with E-state index in [1.54, 1.807) is 32.3 Å². The summed E-state index contributed by atoms with van der Waals surface area (Å²) >= 11 is 0. The molecule has 1 amide bonds. The van der Waals surface area contributed by atoms with Gasteiger partial charge in [0, 0.05) is 24.2 Å². The Kier molecular flexibility index (Phi) is 6.05. The van der Waals surface area contributed by atoms with Crippen LogP contribution in [0.2, 0.25) is 0 Å². The summed E-state index contributed by atoms with van der Waals surface area (Å²) in [6.45, 7) is 3.46. The molecule has 0 aliphatic rings. The largest absolute Gasteiger partial charge is 0.451 e. The van der Waals surface area contributed by atoms with Crippen LogP contribution in [0.15, 0.2) is 49.2 Å². The molecule has 8 nitrogen and oxygen atoms in total. The molecule has 1 aromatic carbocycles. The maximum atomic E-state index is 15.4. The third-order valence-electron chi connectivity index (χ3n) is 4.78. The van der Waals surface area contributed by atoms with E-state index in [0.29, 0.717) is 4.68 Å². The van der Waals surface area contributed by atoms with E-state index < -0.39 is 29.3 Å². The summed E-state index contributed by atoms with van der Waals surface area (Å²) in [6, 6.07) is 5.28. The molecular formula is C22H17F4N7O. The van der Waals surface area contributed by atoms with Gasteiger partial charge in [-0.3, -0.25) is 9.78 Å². The fourth-order valence-electron chi connectivity index (χ4n) is 3.10. The standard InChI is InChI=1S/C22H17F4N7O/c1-12-3-4-17(27-7-12)15-5-14(33-21(22(24,25)26)31-11-32-33)6-16(19(15)23)20(34)30-10-18-28-8-13(2)9-29-18/h3-9,11H,10H2,1-2H3,(H,30,34). The van der Waals surface area contributed by atoms with E-state index in [1.807, 2.05) is 0 Å². The van der Waals surface area contributed by atoms with E-state index in [1.165, 1.54) is 12.3 Å². The van der Waals surface area contributed by atoms with E-state index in [9.17, 15) is 18.0 Å². The normalized spacial score (nSPS) is 11.5. The fraction of sp³-hybridized carbons (Fsp3) is 0.182. The zero-order valence-electron chi connectivity index (χ0n) is 17.9. The lowest BCUT2D eigenvalue weighted by Gasteiger charge is -2.14. The Hall–Kier alpha value is -4.22. The molecule has 0 bridgehead atoms. The summed E-state index contributed by atoms with van der Waals surface area (Å²) in [5.41, 5.74) is 0.878. The zero-order chi connectivity index (χ0) is 24.5. The quantitative estimate of drug-likeness (QED) is 0.445. The van der Waals surface area contributed by atoms with Crippen molar-refractivity contribution < 1.29 is 22.4 Å². The van der Waals surface area contributed by atoms with Gasteiger partial charge in [-0.1, -0.05) is 6.07 Å². The molecule has 0 atom stereocenters. The van der Waals surface area contributed by atoms with Gasteiger partial charge in [0.25, 0.3) is 5.91 Å². The van der Waals surface area contributed by atoms with Gasteiger partial charge in [-0.2, -0.15) is 18.3 Å². The van der Waals surface area contributed by atoms with Crippen LogP contribution in [0.4, 0.5) is 17.6 Å². The van der Waals surface area contributed by atoms with Crippen molar-refractivity contribution in [3.8, 4) is 16.9 Å². The molecule has 4 rings (SSSR count). The lowest BCUT2D eigenvalue weighted by atomic mass is 10.0. The van der Waals surface area contributed by atoms with Gasteiger partial charge in [0.15, 0.2) is 0 Å². The number of benzene rings is 1. The molecular weight excluding hydrogens is 454 g/mol. The Morgan fingerprint density at radius 1 is 1.00 bits per heavy atom.